The van der Waals surface area contributed by atoms with E-state index in [0.29, 0.717) is 27.1 Å². The number of nitrogens with one attached hydrogen (secondary N) is 1. The van der Waals surface area contributed by atoms with Crippen molar-refractivity contribution in [2.24, 2.45) is 0 Å². The van der Waals surface area contributed by atoms with Crippen LogP contribution in [-0.4, -0.2) is 35.9 Å². The first-order chi connectivity index (χ1) is 15.2. The van der Waals surface area contributed by atoms with Crippen molar-refractivity contribution in [1.82, 2.24) is 9.36 Å². The molecule has 1 amide bonds. The second-order valence-corrected chi connectivity index (χ2v) is 9.74. The first-order valence-electron chi connectivity index (χ1n) is 8.71. The molecule has 0 radical (unpaired) electrons. The summed E-state index contributed by atoms with van der Waals surface area (Å²) < 4.78 is 32.3. The fraction of sp³-hybridized carbons (Fsp3) is 0.0500. The van der Waals surface area contributed by atoms with E-state index in [2.05, 4.69) is 30.6 Å². The quantitative estimate of drug-likeness (QED) is 0.220. The number of carbonyl (C=O) groups is 2. The molecule has 3 aromatic rings. The highest BCUT2D eigenvalue weighted by atomic mass is 79.9. The molecule has 1 N–H and O–H groups in total. The summed E-state index contributed by atoms with van der Waals surface area (Å²) in [7, 11) is -3.61. The molecule has 0 aliphatic rings. The number of esters is 1. The van der Waals surface area contributed by atoms with Crippen molar-refractivity contribution in [1.29, 1.82) is 5.26 Å². The van der Waals surface area contributed by atoms with Crippen molar-refractivity contribution in [2.75, 3.05) is 11.6 Å². The predicted octanol–water partition coefficient (Wildman–Crippen LogP) is 3.47. The van der Waals surface area contributed by atoms with Gasteiger partial charge in [0, 0.05) is 17.8 Å². The van der Waals surface area contributed by atoms with E-state index < -0.39 is 26.9 Å². The molecule has 0 bridgehead atoms. The van der Waals surface area contributed by atoms with Crippen molar-refractivity contribution in [3.63, 3.8) is 0 Å². The van der Waals surface area contributed by atoms with Gasteiger partial charge in [-0.25, -0.2) is 13.2 Å². The first kappa shape index (κ1) is 23.3. The molecule has 162 valence electrons. The minimum absolute atomic E-state index is 0.0547. The van der Waals surface area contributed by atoms with E-state index in [0.717, 1.165) is 6.26 Å². The molecule has 12 heteroatoms. The molecule has 9 nitrogen and oxygen atoms in total. The van der Waals surface area contributed by atoms with E-state index in [4.69, 9.17) is 4.74 Å². The van der Waals surface area contributed by atoms with Crippen molar-refractivity contribution < 1.29 is 22.7 Å². The summed E-state index contributed by atoms with van der Waals surface area (Å²) in [5.41, 5.74) is 0.627. The SMILES string of the molecule is CS(=O)(=O)c1nsc(NC(=O)C(C#N)=Cc2ccc(OC(=O)c3ccccc3)c(Br)c2)n1. The smallest absolute Gasteiger partial charge is 0.343 e. The van der Waals surface area contributed by atoms with Crippen LogP contribution in [0.2, 0.25) is 0 Å². The van der Waals surface area contributed by atoms with Gasteiger partial charge in [0.25, 0.3) is 11.1 Å². The molecular formula is C20H13BrN4O5S2. The lowest BCUT2D eigenvalue weighted by atomic mass is 10.1. The monoisotopic (exact) mass is 532 g/mol. The summed E-state index contributed by atoms with van der Waals surface area (Å²) in [6, 6.07) is 14.9. The summed E-state index contributed by atoms with van der Waals surface area (Å²) >= 11 is 3.99. The fourth-order valence-corrected chi connectivity index (χ4v) is 4.23. The van der Waals surface area contributed by atoms with Gasteiger partial charge in [-0.3, -0.25) is 10.1 Å². The third kappa shape index (κ3) is 5.85. The lowest BCUT2D eigenvalue weighted by Crippen LogP contribution is -2.13. The number of nitrogens with zero attached hydrogens (tertiary/aromatic N) is 3. The Balaban J connectivity index is 1.75. The number of amides is 1. The zero-order chi connectivity index (χ0) is 23.3. The van der Waals surface area contributed by atoms with Crippen LogP contribution in [0.15, 0.2) is 63.7 Å². The minimum Gasteiger partial charge on any atom is -0.422 e. The number of aromatic nitrogens is 2. The molecule has 1 aromatic heterocycles. The zero-order valence-corrected chi connectivity index (χ0v) is 19.5. The Bertz CT molecular complexity index is 1360. The first-order valence-corrected chi connectivity index (χ1v) is 12.2. The van der Waals surface area contributed by atoms with Crippen molar-refractivity contribution >= 4 is 60.4 Å². The van der Waals surface area contributed by atoms with Crippen LogP contribution in [-0.2, 0) is 14.6 Å². The van der Waals surface area contributed by atoms with Gasteiger partial charge < -0.3 is 4.74 Å². The summed E-state index contributed by atoms with van der Waals surface area (Å²) in [5, 5.41) is 11.2. The van der Waals surface area contributed by atoms with Crippen LogP contribution in [0.1, 0.15) is 15.9 Å². The van der Waals surface area contributed by atoms with E-state index >= 15 is 0 Å². The van der Waals surface area contributed by atoms with Gasteiger partial charge in [-0.2, -0.15) is 14.6 Å². The number of anilines is 1. The van der Waals surface area contributed by atoms with Gasteiger partial charge >= 0.3 is 5.97 Å². The minimum atomic E-state index is -3.61. The molecule has 0 unspecified atom stereocenters. The number of hydrogen-bond acceptors (Lipinski definition) is 9. The van der Waals surface area contributed by atoms with Crippen molar-refractivity contribution in [2.45, 2.75) is 5.16 Å². The Hall–Kier alpha value is -3.40. The number of ether oxygens (including phenoxy) is 1. The number of carbonyl (C=O) groups excluding carboxylic acids is 2. The Morgan fingerprint density at radius 1 is 1.22 bits per heavy atom. The average molecular weight is 533 g/mol. The molecule has 0 atom stereocenters. The van der Waals surface area contributed by atoms with Crippen LogP contribution in [0.3, 0.4) is 0 Å². The van der Waals surface area contributed by atoms with Crippen LogP contribution < -0.4 is 10.1 Å². The Labute approximate surface area is 195 Å². The van der Waals surface area contributed by atoms with Crippen LogP contribution in [0.4, 0.5) is 5.13 Å². The summed E-state index contributed by atoms with van der Waals surface area (Å²) in [6.07, 6.45) is 2.27. The maximum atomic E-state index is 12.4. The molecule has 3 rings (SSSR count). The van der Waals surface area contributed by atoms with E-state index in [9.17, 15) is 23.3 Å². The average Bonchev–Trinajstić information content (AvgIpc) is 3.23. The van der Waals surface area contributed by atoms with Gasteiger partial charge in [-0.05, 0) is 51.8 Å². The van der Waals surface area contributed by atoms with E-state index in [1.165, 1.54) is 12.1 Å². The maximum absolute atomic E-state index is 12.4. The number of sulfone groups is 1. The number of hydrogen-bond donors (Lipinski definition) is 1. The molecule has 0 saturated carbocycles. The second kappa shape index (κ2) is 9.82. The molecule has 0 saturated heterocycles. The highest BCUT2D eigenvalue weighted by molar-refractivity contribution is 9.10. The summed E-state index contributed by atoms with van der Waals surface area (Å²) in [6.45, 7) is 0. The highest BCUT2D eigenvalue weighted by Gasteiger charge is 2.18. The molecule has 0 aliphatic heterocycles. The third-order valence-corrected chi connectivity index (χ3v) is 6.02. The number of rotatable bonds is 6. The highest BCUT2D eigenvalue weighted by Crippen LogP contribution is 2.28. The molecule has 32 heavy (non-hydrogen) atoms. The van der Waals surface area contributed by atoms with Crippen molar-refractivity contribution in [3.05, 3.63) is 69.7 Å². The normalized spacial score (nSPS) is 11.5. The molecule has 0 aliphatic carbocycles. The van der Waals surface area contributed by atoms with Gasteiger partial charge in [0.2, 0.25) is 15.0 Å². The molecule has 2 aromatic carbocycles. The topological polar surface area (TPSA) is 139 Å². The van der Waals surface area contributed by atoms with Crippen molar-refractivity contribution in [3.8, 4) is 11.8 Å². The number of nitriles is 1. The maximum Gasteiger partial charge on any atom is 0.343 e. The van der Waals surface area contributed by atoms with Gasteiger partial charge in [0.05, 0.1) is 10.0 Å². The van der Waals surface area contributed by atoms with Gasteiger partial charge in [-0.1, -0.05) is 24.3 Å². The number of benzene rings is 2. The number of halogens is 1. The van der Waals surface area contributed by atoms with Crippen LogP contribution >= 0.6 is 27.5 Å². The van der Waals surface area contributed by atoms with Gasteiger partial charge in [0.1, 0.15) is 17.4 Å². The zero-order valence-electron chi connectivity index (χ0n) is 16.3. The summed E-state index contributed by atoms with van der Waals surface area (Å²) in [4.78, 5) is 28.3. The fourth-order valence-electron chi connectivity index (χ4n) is 2.31. The predicted molar refractivity (Wildman–Crippen MR) is 121 cm³/mol. The van der Waals surface area contributed by atoms with Crippen LogP contribution in [0, 0.1) is 11.3 Å². The Morgan fingerprint density at radius 2 is 1.94 bits per heavy atom. The van der Waals surface area contributed by atoms with E-state index in [1.54, 1.807) is 48.5 Å². The van der Waals surface area contributed by atoms with E-state index in [-0.39, 0.29) is 16.5 Å². The molecule has 0 spiro atoms. The van der Waals surface area contributed by atoms with Gasteiger partial charge in [0.15, 0.2) is 0 Å². The van der Waals surface area contributed by atoms with Crippen LogP contribution in [0.25, 0.3) is 6.08 Å². The summed E-state index contributed by atoms with van der Waals surface area (Å²) in [5.74, 6) is -1.04. The van der Waals surface area contributed by atoms with Gasteiger partial charge in [-0.15, -0.1) is 0 Å². The molecule has 0 fully saturated rings. The largest absolute Gasteiger partial charge is 0.422 e. The molecule has 1 heterocycles. The lowest BCUT2D eigenvalue weighted by molar-refractivity contribution is -0.112. The van der Waals surface area contributed by atoms with E-state index in [1.807, 2.05) is 0 Å². The molecular weight excluding hydrogens is 520 g/mol. The Kier molecular flexibility index (Phi) is 7.14. The standard InChI is InChI=1S/C20H13BrN4O5S2/c1-32(28,29)20-24-19(31-25-20)23-17(26)14(11-22)9-12-7-8-16(15(21)10-12)30-18(27)13-5-3-2-4-6-13/h2-10H,1H3,(H,23,24,25,26). The second-order valence-electron chi connectivity index (χ2n) is 6.22. The Morgan fingerprint density at radius 3 is 2.53 bits per heavy atom. The van der Waals surface area contributed by atoms with Crippen LogP contribution in [0.5, 0.6) is 5.75 Å². The third-order valence-electron chi connectivity index (χ3n) is 3.80. The lowest BCUT2D eigenvalue weighted by Gasteiger charge is -2.07.